The van der Waals surface area contributed by atoms with Gasteiger partial charge in [-0.25, -0.2) is 0 Å². The molecule has 0 spiro atoms. The SMILES string of the molecule is OC[C@@H](O)[C@@H](O)[C@H](O)[C@]1(CO)NN=C(c2ccccc2)S1. The van der Waals surface area contributed by atoms with Gasteiger partial charge in [0.05, 0.1) is 13.2 Å². The number of hydrogen-bond acceptors (Lipinski definition) is 8. The van der Waals surface area contributed by atoms with E-state index in [0.29, 0.717) is 5.04 Å². The molecule has 1 aliphatic rings. The predicted molar refractivity (Wildman–Crippen MR) is 78.6 cm³/mol. The van der Waals surface area contributed by atoms with Crippen molar-refractivity contribution in [3.63, 3.8) is 0 Å². The van der Waals surface area contributed by atoms with Crippen molar-refractivity contribution in [3.8, 4) is 0 Å². The van der Waals surface area contributed by atoms with Crippen LogP contribution in [0.2, 0.25) is 0 Å². The molecular weight excluding hydrogens is 296 g/mol. The van der Waals surface area contributed by atoms with Crippen LogP contribution in [-0.4, -0.2) is 67.0 Å². The molecule has 7 nitrogen and oxygen atoms in total. The molecule has 1 heterocycles. The van der Waals surface area contributed by atoms with E-state index >= 15 is 0 Å². The number of thioether (sulfide) groups is 1. The van der Waals surface area contributed by atoms with Crippen molar-refractivity contribution in [1.29, 1.82) is 0 Å². The summed E-state index contributed by atoms with van der Waals surface area (Å²) in [6.45, 7) is -1.22. The Labute approximate surface area is 125 Å². The molecule has 2 rings (SSSR count). The van der Waals surface area contributed by atoms with Crippen molar-refractivity contribution in [1.82, 2.24) is 5.43 Å². The monoisotopic (exact) mass is 314 g/mol. The fraction of sp³-hybridized carbons (Fsp3) is 0.462. The molecule has 1 aromatic rings. The van der Waals surface area contributed by atoms with Crippen LogP contribution in [0.5, 0.6) is 0 Å². The first kappa shape index (κ1) is 16.2. The van der Waals surface area contributed by atoms with Gasteiger partial charge < -0.3 is 25.5 Å². The van der Waals surface area contributed by atoms with E-state index in [0.717, 1.165) is 17.3 Å². The largest absolute Gasteiger partial charge is 0.394 e. The molecule has 0 radical (unpaired) electrons. The Kier molecular flexibility index (Phi) is 5.20. The zero-order valence-electron chi connectivity index (χ0n) is 11.1. The molecule has 116 valence electrons. The quantitative estimate of drug-likeness (QED) is 0.375. The molecule has 0 aromatic heterocycles. The summed E-state index contributed by atoms with van der Waals surface area (Å²) in [5, 5.41) is 52.5. The third-order valence-corrected chi connectivity index (χ3v) is 4.61. The Morgan fingerprint density at radius 1 is 1.14 bits per heavy atom. The number of hydrogen-bond donors (Lipinski definition) is 6. The Morgan fingerprint density at radius 2 is 1.81 bits per heavy atom. The number of aliphatic hydroxyl groups excluding tert-OH is 5. The molecule has 0 amide bonds. The third kappa shape index (κ3) is 3.20. The lowest BCUT2D eigenvalue weighted by Crippen LogP contribution is -2.58. The fourth-order valence-corrected chi connectivity index (χ4v) is 3.06. The highest BCUT2D eigenvalue weighted by Gasteiger charge is 2.48. The van der Waals surface area contributed by atoms with Crippen LogP contribution < -0.4 is 5.43 Å². The van der Waals surface area contributed by atoms with Gasteiger partial charge in [-0.05, 0) is 0 Å². The van der Waals surface area contributed by atoms with Gasteiger partial charge in [0.15, 0.2) is 4.87 Å². The van der Waals surface area contributed by atoms with Crippen molar-refractivity contribution in [3.05, 3.63) is 35.9 Å². The fourth-order valence-electron chi connectivity index (χ4n) is 1.95. The lowest BCUT2D eigenvalue weighted by atomic mass is 10.0. The lowest BCUT2D eigenvalue weighted by molar-refractivity contribution is -0.0969. The van der Waals surface area contributed by atoms with Crippen LogP contribution >= 0.6 is 11.8 Å². The van der Waals surface area contributed by atoms with Gasteiger partial charge in [-0.15, -0.1) is 0 Å². The van der Waals surface area contributed by atoms with Crippen LogP contribution in [0.25, 0.3) is 0 Å². The normalized spacial score (nSPS) is 25.9. The predicted octanol–water partition coefficient (Wildman–Crippen LogP) is -1.55. The summed E-state index contributed by atoms with van der Waals surface area (Å²) in [5.74, 6) is 0. The van der Waals surface area contributed by atoms with E-state index in [1.54, 1.807) is 0 Å². The maximum absolute atomic E-state index is 10.2. The van der Waals surface area contributed by atoms with Crippen molar-refractivity contribution in [2.75, 3.05) is 13.2 Å². The average molecular weight is 314 g/mol. The van der Waals surface area contributed by atoms with E-state index in [1.165, 1.54) is 0 Å². The summed E-state index contributed by atoms with van der Waals surface area (Å²) < 4.78 is 0. The van der Waals surface area contributed by atoms with Gasteiger partial charge >= 0.3 is 0 Å². The summed E-state index contributed by atoms with van der Waals surface area (Å²) in [5.41, 5.74) is 3.43. The van der Waals surface area contributed by atoms with Crippen molar-refractivity contribution >= 4 is 16.8 Å². The minimum atomic E-state index is -1.62. The second-order valence-electron chi connectivity index (χ2n) is 4.73. The van der Waals surface area contributed by atoms with E-state index in [1.807, 2.05) is 30.3 Å². The first-order valence-corrected chi connectivity index (χ1v) is 7.21. The highest BCUT2D eigenvalue weighted by molar-refractivity contribution is 8.15. The molecule has 0 unspecified atom stereocenters. The van der Waals surface area contributed by atoms with Gasteiger partial charge in [0.2, 0.25) is 0 Å². The average Bonchev–Trinajstić information content (AvgIpc) is 2.99. The lowest BCUT2D eigenvalue weighted by Gasteiger charge is -2.35. The number of aliphatic hydroxyl groups is 5. The number of hydrazone groups is 1. The molecule has 8 heteroatoms. The molecule has 4 atom stereocenters. The van der Waals surface area contributed by atoms with Gasteiger partial charge in [-0.1, -0.05) is 42.1 Å². The summed E-state index contributed by atoms with van der Waals surface area (Å²) >= 11 is 1.06. The second kappa shape index (κ2) is 6.73. The Hall–Kier alpha value is -1.16. The van der Waals surface area contributed by atoms with Crippen LogP contribution in [0.15, 0.2) is 35.4 Å². The van der Waals surface area contributed by atoms with Crippen molar-refractivity contribution < 1.29 is 25.5 Å². The summed E-state index contributed by atoms with van der Waals surface area (Å²) in [4.78, 5) is -1.37. The molecule has 0 saturated carbocycles. The highest BCUT2D eigenvalue weighted by Crippen LogP contribution is 2.36. The summed E-state index contributed by atoms with van der Waals surface area (Å²) in [6.07, 6.45) is -4.65. The molecule has 1 aromatic carbocycles. The Bertz CT molecular complexity index is 501. The van der Waals surface area contributed by atoms with Crippen molar-refractivity contribution in [2.24, 2.45) is 5.10 Å². The number of benzene rings is 1. The minimum absolute atomic E-state index is 0.520. The first-order chi connectivity index (χ1) is 10.0. The third-order valence-electron chi connectivity index (χ3n) is 3.26. The van der Waals surface area contributed by atoms with Crippen molar-refractivity contribution in [2.45, 2.75) is 23.2 Å². The Morgan fingerprint density at radius 3 is 2.38 bits per heavy atom. The topological polar surface area (TPSA) is 126 Å². The van der Waals surface area contributed by atoms with E-state index in [9.17, 15) is 20.4 Å². The minimum Gasteiger partial charge on any atom is -0.394 e. The van der Waals surface area contributed by atoms with Crippen LogP contribution in [0.4, 0.5) is 0 Å². The molecule has 0 bridgehead atoms. The molecule has 0 saturated heterocycles. The zero-order chi connectivity index (χ0) is 15.5. The molecule has 6 N–H and O–H groups in total. The maximum atomic E-state index is 10.2. The molecular formula is C13H18N2O5S. The van der Waals surface area contributed by atoms with Gasteiger partial charge in [0, 0.05) is 5.56 Å². The van der Waals surface area contributed by atoms with Crippen LogP contribution in [0, 0.1) is 0 Å². The number of nitrogens with one attached hydrogen (secondary N) is 1. The van der Waals surface area contributed by atoms with Gasteiger partial charge in [0.1, 0.15) is 23.4 Å². The van der Waals surface area contributed by atoms with Crippen LogP contribution in [-0.2, 0) is 0 Å². The first-order valence-electron chi connectivity index (χ1n) is 6.39. The van der Waals surface area contributed by atoms with Crippen LogP contribution in [0.1, 0.15) is 5.56 Å². The van der Waals surface area contributed by atoms with E-state index in [2.05, 4.69) is 10.5 Å². The second-order valence-corrected chi connectivity index (χ2v) is 6.05. The van der Waals surface area contributed by atoms with Crippen LogP contribution in [0.3, 0.4) is 0 Å². The molecule has 21 heavy (non-hydrogen) atoms. The van der Waals surface area contributed by atoms with E-state index in [-0.39, 0.29) is 0 Å². The highest BCUT2D eigenvalue weighted by atomic mass is 32.2. The van der Waals surface area contributed by atoms with Gasteiger partial charge in [0.25, 0.3) is 0 Å². The summed E-state index contributed by atoms with van der Waals surface area (Å²) in [7, 11) is 0. The van der Waals surface area contributed by atoms with E-state index in [4.69, 9.17) is 5.11 Å². The molecule has 0 aliphatic carbocycles. The molecule has 0 fully saturated rings. The van der Waals surface area contributed by atoms with Gasteiger partial charge in [-0.2, -0.15) is 5.10 Å². The zero-order valence-corrected chi connectivity index (χ0v) is 11.9. The standard InChI is InChI=1S/C13H18N2O5S/c16-6-9(18)10(19)11(20)13(7-17)15-14-12(21-13)8-4-2-1-3-5-8/h1-5,9-11,15-20H,6-7H2/t9-,10-,11+,13-/m1/s1. The number of nitrogens with zero attached hydrogens (tertiary/aromatic N) is 1. The summed E-state index contributed by atoms with van der Waals surface area (Å²) in [6, 6.07) is 9.17. The maximum Gasteiger partial charge on any atom is 0.157 e. The number of rotatable bonds is 6. The Balaban J connectivity index is 2.15. The van der Waals surface area contributed by atoms with Gasteiger partial charge in [-0.3, -0.25) is 5.43 Å². The smallest absolute Gasteiger partial charge is 0.157 e. The van der Waals surface area contributed by atoms with E-state index < -0.39 is 36.4 Å². The molecule has 1 aliphatic heterocycles.